The number of alkyl halides is 3. The first-order valence-electron chi connectivity index (χ1n) is 4.91. The number of benzene rings is 1. The van der Waals surface area contributed by atoms with Crippen molar-refractivity contribution in [3.8, 4) is 0 Å². The van der Waals surface area contributed by atoms with Gasteiger partial charge in [-0.25, -0.2) is 0 Å². The van der Waals surface area contributed by atoms with Crippen LogP contribution in [0, 0.1) is 6.92 Å². The molecule has 0 N–H and O–H groups in total. The molecule has 0 nitrogen and oxygen atoms in total. The van der Waals surface area contributed by atoms with Crippen LogP contribution in [0.1, 0.15) is 37.5 Å². The second-order valence-electron chi connectivity index (χ2n) is 4.92. The van der Waals surface area contributed by atoms with Crippen molar-refractivity contribution in [3.63, 3.8) is 0 Å². The van der Waals surface area contributed by atoms with Crippen LogP contribution in [-0.2, 0) is 11.6 Å². The molecule has 0 saturated carbocycles. The van der Waals surface area contributed by atoms with Crippen LogP contribution in [-0.4, -0.2) is 0 Å². The van der Waals surface area contributed by atoms with E-state index in [-0.39, 0.29) is 9.89 Å². The summed E-state index contributed by atoms with van der Waals surface area (Å²) < 4.78 is 38.5. The molecule has 0 fully saturated rings. The third kappa shape index (κ3) is 2.78. The quantitative estimate of drug-likeness (QED) is 0.626. The van der Waals surface area contributed by atoms with Crippen molar-refractivity contribution in [1.29, 1.82) is 0 Å². The Morgan fingerprint density at radius 3 is 1.81 bits per heavy atom. The predicted molar refractivity (Wildman–Crippen MR) is 62.6 cm³/mol. The molecular weight excluding hydrogens is 281 g/mol. The minimum atomic E-state index is -4.31. The van der Waals surface area contributed by atoms with Crippen molar-refractivity contribution in [2.75, 3.05) is 0 Å². The first kappa shape index (κ1) is 13.6. The van der Waals surface area contributed by atoms with Crippen LogP contribution >= 0.6 is 15.9 Å². The van der Waals surface area contributed by atoms with Gasteiger partial charge in [-0.1, -0.05) is 32.4 Å². The third-order valence-electron chi connectivity index (χ3n) is 2.33. The zero-order valence-corrected chi connectivity index (χ0v) is 11.3. The Morgan fingerprint density at radius 2 is 1.44 bits per heavy atom. The summed E-state index contributed by atoms with van der Waals surface area (Å²) in [6.45, 7) is 7.36. The molecule has 0 bridgehead atoms. The summed E-state index contributed by atoms with van der Waals surface area (Å²) in [5.41, 5.74) is 0.392. The monoisotopic (exact) mass is 294 g/mol. The highest BCUT2D eigenvalue weighted by Gasteiger charge is 2.35. The largest absolute Gasteiger partial charge is 0.417 e. The highest BCUT2D eigenvalue weighted by molar-refractivity contribution is 9.10. The summed E-state index contributed by atoms with van der Waals surface area (Å²) >= 11 is 3.07. The molecule has 0 aliphatic carbocycles. The highest BCUT2D eigenvalue weighted by Crippen LogP contribution is 2.40. The van der Waals surface area contributed by atoms with E-state index < -0.39 is 11.7 Å². The SMILES string of the molecule is Cc1cc(C(C)(C)C)c(Br)c(C(F)(F)F)c1. The predicted octanol–water partition coefficient (Wildman–Crippen LogP) is 5.07. The Kier molecular flexibility index (Phi) is 3.44. The molecule has 0 aromatic heterocycles. The number of hydrogen-bond donors (Lipinski definition) is 0. The van der Waals surface area contributed by atoms with Gasteiger partial charge < -0.3 is 0 Å². The van der Waals surface area contributed by atoms with Crippen LogP contribution in [0.3, 0.4) is 0 Å². The van der Waals surface area contributed by atoms with Crippen LogP contribution in [0.2, 0.25) is 0 Å². The molecule has 0 atom stereocenters. The van der Waals surface area contributed by atoms with Crippen molar-refractivity contribution in [1.82, 2.24) is 0 Å². The van der Waals surface area contributed by atoms with E-state index in [1.807, 2.05) is 20.8 Å². The van der Waals surface area contributed by atoms with Gasteiger partial charge >= 0.3 is 6.18 Å². The fourth-order valence-corrected chi connectivity index (χ4v) is 2.57. The lowest BCUT2D eigenvalue weighted by molar-refractivity contribution is -0.138. The average Bonchev–Trinajstić information content (AvgIpc) is 2.04. The molecule has 4 heteroatoms. The van der Waals surface area contributed by atoms with Gasteiger partial charge in [-0.05, 0) is 39.9 Å². The second-order valence-corrected chi connectivity index (χ2v) is 5.71. The van der Waals surface area contributed by atoms with E-state index in [2.05, 4.69) is 15.9 Å². The smallest absolute Gasteiger partial charge is 0.166 e. The van der Waals surface area contributed by atoms with Crippen molar-refractivity contribution in [2.24, 2.45) is 0 Å². The third-order valence-corrected chi connectivity index (χ3v) is 3.18. The van der Waals surface area contributed by atoms with Crippen molar-refractivity contribution in [3.05, 3.63) is 33.3 Å². The van der Waals surface area contributed by atoms with Crippen LogP contribution in [0.4, 0.5) is 13.2 Å². The molecule has 0 aliphatic rings. The van der Waals surface area contributed by atoms with E-state index in [1.165, 1.54) is 6.07 Å². The molecule has 1 aromatic rings. The molecule has 0 aliphatic heterocycles. The molecule has 0 amide bonds. The van der Waals surface area contributed by atoms with Gasteiger partial charge in [-0.15, -0.1) is 0 Å². The summed E-state index contributed by atoms with van der Waals surface area (Å²) in [7, 11) is 0. The van der Waals surface area contributed by atoms with Gasteiger partial charge in [0.1, 0.15) is 0 Å². The Hall–Kier alpha value is -0.510. The topological polar surface area (TPSA) is 0 Å². The second kappa shape index (κ2) is 4.06. The number of aryl methyl sites for hydroxylation is 1. The Labute approximate surface area is 102 Å². The zero-order valence-electron chi connectivity index (χ0n) is 9.67. The fraction of sp³-hybridized carbons (Fsp3) is 0.500. The normalized spacial score (nSPS) is 13.0. The zero-order chi connectivity index (χ0) is 12.7. The lowest BCUT2D eigenvalue weighted by Crippen LogP contribution is -2.16. The molecule has 1 rings (SSSR count). The Morgan fingerprint density at radius 1 is 1.00 bits per heavy atom. The number of hydrogen-bond acceptors (Lipinski definition) is 0. The summed E-state index contributed by atoms with van der Waals surface area (Å²) in [5.74, 6) is 0. The van der Waals surface area contributed by atoms with E-state index in [1.54, 1.807) is 13.0 Å². The van der Waals surface area contributed by atoms with Gasteiger partial charge in [-0.2, -0.15) is 13.2 Å². The van der Waals surface area contributed by atoms with E-state index in [4.69, 9.17) is 0 Å². The lowest BCUT2D eigenvalue weighted by atomic mass is 9.85. The summed E-state index contributed by atoms with van der Waals surface area (Å²) in [5, 5.41) is 0. The first-order valence-corrected chi connectivity index (χ1v) is 5.70. The van der Waals surface area contributed by atoms with Gasteiger partial charge in [0, 0.05) is 4.47 Å². The maximum Gasteiger partial charge on any atom is 0.417 e. The number of rotatable bonds is 0. The van der Waals surface area contributed by atoms with Crippen LogP contribution in [0.25, 0.3) is 0 Å². The number of halogens is 4. The Balaban J connectivity index is 3.51. The van der Waals surface area contributed by atoms with Gasteiger partial charge in [0.05, 0.1) is 5.56 Å². The van der Waals surface area contributed by atoms with Gasteiger partial charge in [0.25, 0.3) is 0 Å². The van der Waals surface area contributed by atoms with Crippen LogP contribution in [0.15, 0.2) is 16.6 Å². The lowest BCUT2D eigenvalue weighted by Gasteiger charge is -2.24. The minimum absolute atomic E-state index is 0.151. The maximum absolute atomic E-state index is 12.8. The molecule has 0 radical (unpaired) electrons. The minimum Gasteiger partial charge on any atom is -0.166 e. The van der Waals surface area contributed by atoms with E-state index in [9.17, 15) is 13.2 Å². The maximum atomic E-state index is 12.8. The standard InChI is InChI=1S/C12H14BrF3/c1-7-5-8(11(2,3)4)10(13)9(6-7)12(14,15)16/h5-6H,1-4H3. The average molecular weight is 295 g/mol. The van der Waals surface area contributed by atoms with E-state index in [0.717, 1.165) is 0 Å². The van der Waals surface area contributed by atoms with Gasteiger partial charge in [-0.3, -0.25) is 0 Å². The van der Waals surface area contributed by atoms with E-state index in [0.29, 0.717) is 11.1 Å². The van der Waals surface area contributed by atoms with Crippen LogP contribution < -0.4 is 0 Å². The molecule has 0 heterocycles. The summed E-state index contributed by atoms with van der Waals surface area (Å²) in [4.78, 5) is 0. The molecule has 16 heavy (non-hydrogen) atoms. The first-order chi connectivity index (χ1) is 7.03. The summed E-state index contributed by atoms with van der Waals surface area (Å²) in [6.07, 6.45) is -4.31. The Bertz CT molecular complexity index is 365. The summed E-state index contributed by atoms with van der Waals surface area (Å²) in [6, 6.07) is 2.96. The van der Waals surface area contributed by atoms with Crippen LogP contribution in [0.5, 0.6) is 0 Å². The molecule has 0 saturated heterocycles. The molecule has 0 spiro atoms. The molecule has 1 aromatic carbocycles. The van der Waals surface area contributed by atoms with Crippen molar-refractivity contribution in [2.45, 2.75) is 39.3 Å². The van der Waals surface area contributed by atoms with Gasteiger partial charge in [0.15, 0.2) is 0 Å². The van der Waals surface area contributed by atoms with Crippen molar-refractivity contribution >= 4 is 15.9 Å². The molecule has 90 valence electrons. The van der Waals surface area contributed by atoms with Gasteiger partial charge in [0.2, 0.25) is 0 Å². The van der Waals surface area contributed by atoms with E-state index >= 15 is 0 Å². The van der Waals surface area contributed by atoms with Crippen molar-refractivity contribution < 1.29 is 13.2 Å². The highest BCUT2D eigenvalue weighted by atomic mass is 79.9. The fourth-order valence-electron chi connectivity index (χ4n) is 1.52. The molecular formula is C12H14BrF3. The molecule has 0 unspecified atom stereocenters.